The van der Waals surface area contributed by atoms with E-state index in [2.05, 4.69) is 39.5 Å². The largest absolute Gasteiger partial charge is 0.466 e. The quantitative estimate of drug-likeness (QED) is 0.436. The van der Waals surface area contributed by atoms with Gasteiger partial charge >= 0.3 is 5.97 Å². The number of alkyl halides is 1. The van der Waals surface area contributed by atoms with E-state index in [1.165, 1.54) is 4.70 Å². The molecule has 3 aromatic rings. The van der Waals surface area contributed by atoms with Gasteiger partial charge in [0.1, 0.15) is 0 Å². The topological polar surface area (TPSA) is 66.5 Å². The lowest BCUT2D eigenvalue weighted by atomic mass is 9.85. The summed E-state index contributed by atoms with van der Waals surface area (Å²) in [6.07, 6.45) is 2.11. The molecule has 3 heterocycles. The summed E-state index contributed by atoms with van der Waals surface area (Å²) >= 11 is 7.93. The number of pyridine rings is 1. The maximum atomic E-state index is 12.5. The number of ether oxygens (including phenoxy) is 1. The molecular formula is C21H23ClN4O2S. The molecule has 2 N–H and O–H groups in total. The zero-order valence-electron chi connectivity index (χ0n) is 16.6. The Morgan fingerprint density at radius 3 is 3.00 bits per heavy atom. The summed E-state index contributed by atoms with van der Waals surface area (Å²) in [4.78, 5) is 17.1. The number of rotatable bonds is 6. The summed E-state index contributed by atoms with van der Waals surface area (Å²) in [5.74, 6) is 0.856. The highest BCUT2D eigenvalue weighted by Gasteiger charge is 2.27. The zero-order valence-corrected chi connectivity index (χ0v) is 18.2. The number of hydrogen-bond acceptors (Lipinski definition) is 7. The predicted molar refractivity (Wildman–Crippen MR) is 119 cm³/mol. The summed E-state index contributed by atoms with van der Waals surface area (Å²) < 4.78 is 6.46. The number of hydrogen-bond donors (Lipinski definition) is 2. The molecule has 8 heteroatoms. The Kier molecular flexibility index (Phi) is 5.63. The highest BCUT2D eigenvalue weighted by atomic mass is 35.5. The molecule has 0 bridgehead atoms. The molecule has 152 valence electrons. The lowest BCUT2D eigenvalue weighted by Crippen LogP contribution is -2.32. The molecule has 0 unspecified atom stereocenters. The second kappa shape index (κ2) is 8.18. The summed E-state index contributed by atoms with van der Waals surface area (Å²) in [6, 6.07) is 6.35. The zero-order chi connectivity index (χ0) is 20.5. The third kappa shape index (κ3) is 3.66. The second-order valence-corrected chi connectivity index (χ2v) is 8.23. The van der Waals surface area contributed by atoms with E-state index in [1.54, 1.807) is 11.3 Å². The maximum Gasteiger partial charge on any atom is 0.306 e. The third-order valence-electron chi connectivity index (χ3n) is 5.27. The van der Waals surface area contributed by atoms with Crippen LogP contribution in [0.2, 0.25) is 0 Å². The lowest BCUT2D eigenvalue weighted by molar-refractivity contribution is -0.143. The molecule has 0 fully saturated rings. The van der Waals surface area contributed by atoms with Gasteiger partial charge in [0.2, 0.25) is 0 Å². The van der Waals surface area contributed by atoms with Crippen LogP contribution in [0.3, 0.4) is 0 Å². The minimum absolute atomic E-state index is 0.175. The molecule has 0 radical (unpaired) electrons. The Bertz CT molecular complexity index is 1070. The minimum atomic E-state index is -0.224. The van der Waals surface area contributed by atoms with Crippen molar-refractivity contribution in [3.8, 4) is 0 Å². The van der Waals surface area contributed by atoms with Gasteiger partial charge in [0.05, 0.1) is 18.7 Å². The first-order chi connectivity index (χ1) is 14.0. The van der Waals surface area contributed by atoms with E-state index >= 15 is 0 Å². The number of fused-ring (bicyclic) bond motifs is 2. The van der Waals surface area contributed by atoms with E-state index in [0.29, 0.717) is 12.5 Å². The Morgan fingerprint density at radius 2 is 2.24 bits per heavy atom. The Hall–Kier alpha value is -2.35. The number of carbonyl (C=O) groups excluding carboxylic acids is 1. The third-order valence-corrected chi connectivity index (χ3v) is 6.57. The summed E-state index contributed by atoms with van der Waals surface area (Å²) in [5.41, 5.74) is 11.3. The van der Waals surface area contributed by atoms with Crippen molar-refractivity contribution in [2.45, 2.75) is 32.1 Å². The second-order valence-electron chi connectivity index (χ2n) is 7.05. The molecule has 6 nitrogen and oxygen atoms in total. The van der Waals surface area contributed by atoms with Gasteiger partial charge in [-0.15, -0.1) is 28.5 Å². The van der Waals surface area contributed by atoms with Crippen LogP contribution in [0, 0.1) is 6.92 Å². The Balaban J connectivity index is 1.84. The number of halogens is 1. The molecule has 2 aromatic heterocycles. The van der Waals surface area contributed by atoms with Gasteiger partial charge in [0, 0.05) is 29.7 Å². The fourth-order valence-electron chi connectivity index (χ4n) is 3.83. The van der Waals surface area contributed by atoms with Crippen LogP contribution in [0.1, 0.15) is 41.5 Å². The van der Waals surface area contributed by atoms with Crippen LogP contribution in [0.25, 0.3) is 10.1 Å². The number of nitrogens with one attached hydrogen (secondary N) is 2. The number of benzene rings is 1. The van der Waals surface area contributed by atoms with Crippen molar-refractivity contribution in [3.05, 3.63) is 52.0 Å². The van der Waals surface area contributed by atoms with Crippen molar-refractivity contribution in [2.24, 2.45) is 0 Å². The number of thiophene rings is 1. The van der Waals surface area contributed by atoms with Gasteiger partial charge in [-0.25, -0.2) is 4.98 Å². The van der Waals surface area contributed by atoms with Gasteiger partial charge in [-0.05, 0) is 59.0 Å². The van der Waals surface area contributed by atoms with Crippen LogP contribution in [0.15, 0.2) is 29.8 Å². The molecule has 1 aromatic carbocycles. The van der Waals surface area contributed by atoms with E-state index in [-0.39, 0.29) is 18.3 Å². The molecule has 1 aliphatic rings. The molecule has 0 saturated heterocycles. The van der Waals surface area contributed by atoms with E-state index in [0.717, 1.165) is 39.1 Å². The van der Waals surface area contributed by atoms with Crippen molar-refractivity contribution < 1.29 is 9.53 Å². The van der Waals surface area contributed by atoms with Crippen LogP contribution in [0.4, 0.5) is 11.5 Å². The predicted octanol–water partition coefficient (Wildman–Crippen LogP) is 4.71. The van der Waals surface area contributed by atoms with Gasteiger partial charge in [0.25, 0.3) is 0 Å². The molecule has 4 rings (SSSR count). The summed E-state index contributed by atoms with van der Waals surface area (Å²) in [5, 5.41) is 5.04. The first-order valence-corrected chi connectivity index (χ1v) is 10.9. The summed E-state index contributed by atoms with van der Waals surface area (Å²) in [6.45, 7) is 4.23. The number of carbonyl (C=O) groups is 1. The van der Waals surface area contributed by atoms with Crippen LogP contribution in [0.5, 0.6) is 0 Å². The van der Waals surface area contributed by atoms with Crippen molar-refractivity contribution in [3.63, 3.8) is 0 Å². The van der Waals surface area contributed by atoms with Gasteiger partial charge in [0.15, 0.2) is 5.82 Å². The molecule has 0 amide bonds. The van der Waals surface area contributed by atoms with Crippen molar-refractivity contribution in [2.75, 3.05) is 24.1 Å². The fraction of sp³-hybridized carbons (Fsp3) is 0.333. The highest BCUT2D eigenvalue weighted by molar-refractivity contribution is 7.17. The first kappa shape index (κ1) is 19.9. The fourth-order valence-corrected chi connectivity index (χ4v) is 5.01. The molecule has 0 aliphatic carbocycles. The minimum Gasteiger partial charge on any atom is -0.466 e. The number of esters is 1. The van der Waals surface area contributed by atoms with Crippen LogP contribution < -0.4 is 16.0 Å². The van der Waals surface area contributed by atoms with E-state index in [1.807, 2.05) is 32.1 Å². The average Bonchev–Trinajstić information content (AvgIpc) is 3.33. The van der Waals surface area contributed by atoms with Gasteiger partial charge in [-0.2, -0.15) is 0 Å². The van der Waals surface area contributed by atoms with Crippen molar-refractivity contribution in [1.82, 2.24) is 10.5 Å². The number of anilines is 2. The number of nitrogens with zero attached hydrogens (tertiary/aromatic N) is 2. The smallest absolute Gasteiger partial charge is 0.306 e. The van der Waals surface area contributed by atoms with Crippen molar-refractivity contribution >= 4 is 50.5 Å². The van der Waals surface area contributed by atoms with Crippen LogP contribution in [-0.2, 0) is 15.4 Å². The van der Waals surface area contributed by atoms with E-state index < -0.39 is 0 Å². The Morgan fingerprint density at radius 1 is 1.41 bits per heavy atom. The summed E-state index contributed by atoms with van der Waals surface area (Å²) in [7, 11) is 1.90. The molecule has 0 spiro atoms. The molecule has 1 atom stereocenters. The van der Waals surface area contributed by atoms with Crippen molar-refractivity contribution in [1.29, 1.82) is 0 Å². The average molecular weight is 431 g/mol. The highest BCUT2D eigenvalue weighted by Crippen LogP contribution is 2.40. The van der Waals surface area contributed by atoms with Gasteiger partial charge in [-0.1, -0.05) is 6.07 Å². The van der Waals surface area contributed by atoms with Crippen LogP contribution >= 0.6 is 22.9 Å². The monoisotopic (exact) mass is 430 g/mol. The first-order valence-electron chi connectivity index (χ1n) is 9.50. The maximum absolute atomic E-state index is 12.5. The van der Waals surface area contributed by atoms with E-state index in [4.69, 9.17) is 16.3 Å². The molecule has 1 aliphatic heterocycles. The van der Waals surface area contributed by atoms with Gasteiger partial charge in [-0.3, -0.25) is 15.2 Å². The normalized spacial score (nSPS) is 14.0. The Labute approximate surface area is 178 Å². The molecule has 0 saturated carbocycles. The van der Waals surface area contributed by atoms with Crippen LogP contribution in [-0.4, -0.2) is 24.6 Å². The van der Waals surface area contributed by atoms with Gasteiger partial charge < -0.3 is 4.74 Å². The molecular weight excluding hydrogens is 408 g/mol. The molecule has 29 heavy (non-hydrogen) atoms. The lowest BCUT2D eigenvalue weighted by Gasteiger charge is -2.21. The number of hydrazine groups is 2. The number of aromatic nitrogens is 1. The van der Waals surface area contributed by atoms with E-state index in [9.17, 15) is 4.79 Å². The standard InChI is InChI=1S/C21H23ClN4O2S/c1-4-28-18(27)9-16(14-7-13-5-6-29-20(13)15(8-14)10-22)17-11-23-21-19(12(17)2)24-25-26(21)3/h5-8,11,16,24-25H,4,9-10H2,1-3H3/t16-/m1/s1. The SMILES string of the molecule is CCOC(=O)C[C@H](c1cc(CCl)c2sccc2c1)c1cnc2c(c1C)NNN2C.